The largest absolute Gasteiger partial charge is 0.467 e. The molecule has 2 saturated carbocycles. The lowest BCUT2D eigenvalue weighted by atomic mass is 9.67. The Balaban J connectivity index is 1.46. The number of carbonyl (C=O) groups excluding carboxylic acids is 1. The molecule has 182 valence electrons. The van der Waals surface area contributed by atoms with Crippen molar-refractivity contribution in [1.29, 1.82) is 0 Å². The normalized spacial score (nSPS) is 28.4. The van der Waals surface area contributed by atoms with Crippen molar-refractivity contribution in [1.82, 2.24) is 19.8 Å². The number of aromatic nitrogens is 2. The molecule has 3 fully saturated rings. The molecule has 5 rings (SSSR count). The Labute approximate surface area is 201 Å². The van der Waals surface area contributed by atoms with Gasteiger partial charge in [0, 0.05) is 5.54 Å². The van der Waals surface area contributed by atoms with Gasteiger partial charge in [0.15, 0.2) is 0 Å². The van der Waals surface area contributed by atoms with E-state index >= 15 is 0 Å². The number of rotatable bonds is 6. The molecule has 8 nitrogen and oxygen atoms in total. The van der Waals surface area contributed by atoms with Crippen LogP contribution in [0, 0.1) is 0 Å². The van der Waals surface area contributed by atoms with Gasteiger partial charge in [0.05, 0.1) is 49.4 Å². The van der Waals surface area contributed by atoms with Gasteiger partial charge in [-0.25, -0.2) is 14.8 Å². The van der Waals surface area contributed by atoms with Crippen LogP contribution in [0.4, 0.5) is 10.5 Å². The van der Waals surface area contributed by atoms with Crippen LogP contribution in [0.25, 0.3) is 0 Å². The number of hydrogen-bond acceptors (Lipinski definition) is 6. The van der Waals surface area contributed by atoms with Gasteiger partial charge in [-0.05, 0) is 64.6 Å². The van der Waals surface area contributed by atoms with Gasteiger partial charge in [-0.2, -0.15) is 0 Å². The van der Waals surface area contributed by atoms with Crippen LogP contribution in [0.5, 0.6) is 6.01 Å². The molecule has 2 amide bonds. The van der Waals surface area contributed by atoms with Crippen molar-refractivity contribution in [3.05, 3.63) is 48.3 Å². The smallest absolute Gasteiger partial charge is 0.325 e. The van der Waals surface area contributed by atoms with Crippen molar-refractivity contribution >= 4 is 11.7 Å². The van der Waals surface area contributed by atoms with Gasteiger partial charge in [0.25, 0.3) is 0 Å². The summed E-state index contributed by atoms with van der Waals surface area (Å²) in [5.74, 6) is 0. The summed E-state index contributed by atoms with van der Waals surface area (Å²) >= 11 is 0. The van der Waals surface area contributed by atoms with Crippen LogP contribution < -0.4 is 9.64 Å². The van der Waals surface area contributed by atoms with Crippen LogP contribution in [-0.2, 0) is 5.54 Å². The first-order valence-corrected chi connectivity index (χ1v) is 12.2. The molecule has 0 radical (unpaired) electrons. The summed E-state index contributed by atoms with van der Waals surface area (Å²) in [5, 5.41) is 11.0. The van der Waals surface area contributed by atoms with Crippen molar-refractivity contribution in [3.8, 4) is 6.01 Å². The molecule has 1 N–H and O–H groups in total. The summed E-state index contributed by atoms with van der Waals surface area (Å²) < 4.78 is 5.09. The maximum absolute atomic E-state index is 13.8. The Hall–Kier alpha value is -2.71. The van der Waals surface area contributed by atoms with Crippen LogP contribution in [-0.4, -0.2) is 76.3 Å². The van der Waals surface area contributed by atoms with Crippen LogP contribution in [0.1, 0.15) is 50.5 Å². The van der Waals surface area contributed by atoms with E-state index in [9.17, 15) is 9.90 Å². The van der Waals surface area contributed by atoms with Gasteiger partial charge >= 0.3 is 12.0 Å². The molecular weight excluding hydrogens is 430 g/mol. The Bertz CT molecular complexity index is 1010. The van der Waals surface area contributed by atoms with E-state index in [-0.39, 0.29) is 23.1 Å². The summed E-state index contributed by atoms with van der Waals surface area (Å²) in [5.41, 5.74) is 0.830. The number of nitrogens with zero attached hydrogens (tertiary/aromatic N) is 5. The highest BCUT2D eigenvalue weighted by atomic mass is 16.5. The van der Waals surface area contributed by atoms with E-state index in [1.165, 1.54) is 12.7 Å². The highest BCUT2D eigenvalue weighted by Crippen LogP contribution is 2.50. The molecule has 0 unspecified atom stereocenters. The number of ether oxygens (including phenoxy) is 1. The van der Waals surface area contributed by atoms with Crippen molar-refractivity contribution in [3.63, 3.8) is 0 Å². The maximum Gasteiger partial charge on any atom is 0.325 e. The third-order valence-corrected chi connectivity index (χ3v) is 8.51. The second-order valence-corrected chi connectivity index (χ2v) is 10.5. The van der Waals surface area contributed by atoms with Crippen LogP contribution in [0.15, 0.2) is 42.7 Å². The minimum absolute atomic E-state index is 0.0637. The SMILES string of the molecule is COc1ncc(N2CC3(CCC(c4ccccc4)(N(C)C)CC3)N(CC3(O)CCC3)C2=O)cn1. The second kappa shape index (κ2) is 8.50. The van der Waals surface area contributed by atoms with E-state index in [0.717, 1.165) is 44.9 Å². The van der Waals surface area contributed by atoms with Crippen molar-refractivity contribution in [2.75, 3.05) is 39.2 Å². The molecule has 1 aromatic carbocycles. The maximum atomic E-state index is 13.8. The van der Waals surface area contributed by atoms with Crippen LogP contribution in [0.2, 0.25) is 0 Å². The molecule has 34 heavy (non-hydrogen) atoms. The number of carbonyl (C=O) groups is 1. The average molecular weight is 466 g/mol. The number of methoxy groups -OCH3 is 1. The molecule has 2 aliphatic carbocycles. The van der Waals surface area contributed by atoms with E-state index in [0.29, 0.717) is 18.8 Å². The lowest BCUT2D eigenvalue weighted by Gasteiger charge is -2.52. The first-order valence-electron chi connectivity index (χ1n) is 12.2. The number of aliphatic hydroxyl groups is 1. The van der Waals surface area contributed by atoms with Crippen molar-refractivity contribution in [2.24, 2.45) is 0 Å². The molecule has 1 aliphatic heterocycles. The van der Waals surface area contributed by atoms with Gasteiger partial charge in [-0.15, -0.1) is 0 Å². The van der Waals surface area contributed by atoms with Crippen molar-refractivity contribution < 1.29 is 14.6 Å². The van der Waals surface area contributed by atoms with E-state index in [1.54, 1.807) is 17.3 Å². The number of β-amino-alcohol motifs (C(OH)–C–C–N with tert-alkyl or cyclic N) is 1. The molecule has 0 atom stereocenters. The zero-order valence-corrected chi connectivity index (χ0v) is 20.4. The summed E-state index contributed by atoms with van der Waals surface area (Å²) in [6.45, 7) is 0.968. The van der Waals surface area contributed by atoms with Gasteiger partial charge in [0.2, 0.25) is 0 Å². The van der Waals surface area contributed by atoms with Gasteiger partial charge in [0.1, 0.15) is 0 Å². The van der Waals surface area contributed by atoms with E-state index < -0.39 is 5.60 Å². The molecule has 1 spiro atoms. The number of anilines is 1. The summed E-state index contributed by atoms with van der Waals surface area (Å²) in [6.07, 6.45) is 9.45. The molecule has 2 aromatic rings. The number of amides is 2. The first kappa shape index (κ1) is 23.1. The Morgan fingerprint density at radius 1 is 1.03 bits per heavy atom. The minimum atomic E-state index is -0.773. The number of urea groups is 1. The zero-order valence-electron chi connectivity index (χ0n) is 20.4. The lowest BCUT2D eigenvalue weighted by Crippen LogP contribution is -2.59. The Morgan fingerprint density at radius 2 is 1.68 bits per heavy atom. The highest BCUT2D eigenvalue weighted by molar-refractivity contribution is 5.95. The summed E-state index contributed by atoms with van der Waals surface area (Å²) in [6, 6.07) is 10.9. The van der Waals surface area contributed by atoms with E-state index in [4.69, 9.17) is 4.74 Å². The Kier molecular flexibility index (Phi) is 5.76. The monoisotopic (exact) mass is 465 g/mol. The molecule has 1 saturated heterocycles. The third kappa shape index (κ3) is 3.73. The van der Waals surface area contributed by atoms with Crippen molar-refractivity contribution in [2.45, 2.75) is 61.6 Å². The quantitative estimate of drug-likeness (QED) is 0.704. The fraction of sp³-hybridized carbons (Fsp3) is 0.577. The van der Waals surface area contributed by atoms with Gasteiger partial charge < -0.3 is 14.7 Å². The Morgan fingerprint density at radius 3 is 2.21 bits per heavy atom. The van der Waals surface area contributed by atoms with Gasteiger partial charge in [-0.1, -0.05) is 30.3 Å². The molecule has 8 heteroatoms. The standard InChI is InChI=1S/C26H35N5O3/c1-29(2)26(20-8-5-4-6-9-20)14-12-24(13-15-26)18-30(21-16-27-22(34-3)28-17-21)23(32)31(24)19-25(33)10-7-11-25/h4-6,8-9,16-17,33H,7,10-15,18-19H2,1-3H3. The fourth-order valence-electron chi connectivity index (χ4n) is 6.12. The third-order valence-electron chi connectivity index (χ3n) is 8.51. The minimum Gasteiger partial charge on any atom is -0.467 e. The average Bonchev–Trinajstić information content (AvgIpc) is 3.10. The molecular formula is C26H35N5O3. The number of benzene rings is 1. The van der Waals surface area contributed by atoms with Crippen LogP contribution >= 0.6 is 0 Å². The number of hydrogen-bond donors (Lipinski definition) is 1. The topological polar surface area (TPSA) is 82.0 Å². The molecule has 0 bridgehead atoms. The summed E-state index contributed by atoms with van der Waals surface area (Å²) in [4.78, 5) is 28.3. The van der Waals surface area contributed by atoms with E-state index in [1.807, 2.05) is 4.90 Å². The lowest BCUT2D eigenvalue weighted by molar-refractivity contribution is -0.0725. The predicted octanol–water partition coefficient (Wildman–Crippen LogP) is 3.41. The molecule has 1 aromatic heterocycles. The van der Waals surface area contributed by atoms with Crippen LogP contribution in [0.3, 0.4) is 0 Å². The zero-order chi connectivity index (χ0) is 24.0. The molecule has 2 heterocycles. The highest BCUT2D eigenvalue weighted by Gasteiger charge is 2.56. The predicted molar refractivity (Wildman–Crippen MR) is 130 cm³/mol. The summed E-state index contributed by atoms with van der Waals surface area (Å²) in [7, 11) is 5.83. The van der Waals surface area contributed by atoms with Gasteiger partial charge in [-0.3, -0.25) is 9.80 Å². The second-order valence-electron chi connectivity index (χ2n) is 10.5. The molecule has 3 aliphatic rings. The fourth-order valence-corrected chi connectivity index (χ4v) is 6.12. The first-order chi connectivity index (χ1) is 16.3. The van der Waals surface area contributed by atoms with E-state index in [2.05, 4.69) is 59.3 Å².